The van der Waals surface area contributed by atoms with E-state index in [1.807, 2.05) is 12.1 Å². The molecule has 19 heavy (non-hydrogen) atoms. The minimum absolute atomic E-state index is 0.102. The van der Waals surface area contributed by atoms with Crippen LogP contribution in [0.5, 0.6) is 0 Å². The van der Waals surface area contributed by atoms with Crippen LogP contribution in [0.3, 0.4) is 0 Å². The van der Waals surface area contributed by atoms with Crippen molar-refractivity contribution >= 4 is 0 Å². The lowest BCUT2D eigenvalue weighted by Gasteiger charge is -2.34. The zero-order valence-electron chi connectivity index (χ0n) is 10.5. The third kappa shape index (κ3) is 1.84. The Hall–Kier alpha value is -2.10. The van der Waals surface area contributed by atoms with Crippen LogP contribution in [0.25, 0.3) is 0 Å². The van der Waals surface area contributed by atoms with Crippen molar-refractivity contribution in [3.63, 3.8) is 0 Å². The fourth-order valence-corrected chi connectivity index (χ4v) is 2.86. The Morgan fingerprint density at radius 3 is 3.00 bits per heavy atom. The smallest absolute Gasteiger partial charge is 0.200 e. The van der Waals surface area contributed by atoms with Crippen LogP contribution in [0.4, 0.5) is 0 Å². The highest BCUT2D eigenvalue weighted by Gasteiger charge is 2.47. The van der Waals surface area contributed by atoms with Gasteiger partial charge in [0.2, 0.25) is 5.88 Å². The SMILES string of the molecule is CC1NNC2OC(N)=C(C#N)C(c3cccnc3)C12. The van der Waals surface area contributed by atoms with Crippen molar-refractivity contribution in [2.45, 2.75) is 25.1 Å². The number of pyridine rings is 1. The predicted molar refractivity (Wildman–Crippen MR) is 67.9 cm³/mol. The number of aromatic nitrogens is 1. The van der Waals surface area contributed by atoms with Gasteiger partial charge in [-0.25, -0.2) is 5.43 Å². The van der Waals surface area contributed by atoms with Gasteiger partial charge in [0.05, 0.1) is 5.57 Å². The summed E-state index contributed by atoms with van der Waals surface area (Å²) in [5.41, 5.74) is 13.5. The van der Waals surface area contributed by atoms with Gasteiger partial charge in [-0.2, -0.15) is 5.26 Å². The zero-order chi connectivity index (χ0) is 13.4. The topological polar surface area (TPSA) is 96.0 Å². The molecule has 3 heterocycles. The first-order chi connectivity index (χ1) is 9.22. The van der Waals surface area contributed by atoms with Gasteiger partial charge in [-0.15, -0.1) is 0 Å². The number of fused-ring (bicyclic) bond motifs is 1. The minimum Gasteiger partial charge on any atom is -0.458 e. The van der Waals surface area contributed by atoms with Gasteiger partial charge in [-0.1, -0.05) is 6.07 Å². The van der Waals surface area contributed by atoms with E-state index < -0.39 is 0 Å². The number of allylic oxidation sites excluding steroid dienone is 1. The van der Waals surface area contributed by atoms with E-state index in [1.54, 1.807) is 12.4 Å². The van der Waals surface area contributed by atoms with Crippen molar-refractivity contribution in [3.8, 4) is 6.07 Å². The molecule has 1 aromatic heterocycles. The molecule has 1 saturated heterocycles. The second kappa shape index (κ2) is 4.53. The molecule has 1 fully saturated rings. The molecule has 0 amide bonds. The molecule has 4 unspecified atom stereocenters. The van der Waals surface area contributed by atoms with Crippen molar-refractivity contribution < 1.29 is 4.74 Å². The zero-order valence-corrected chi connectivity index (χ0v) is 10.5. The number of nitrogens with two attached hydrogens (primary N) is 1. The highest BCUT2D eigenvalue weighted by atomic mass is 16.5. The number of rotatable bonds is 1. The summed E-state index contributed by atoms with van der Waals surface area (Å²) in [5.74, 6) is 0.196. The third-order valence-electron chi connectivity index (χ3n) is 3.76. The van der Waals surface area contributed by atoms with Crippen LogP contribution in [-0.2, 0) is 4.74 Å². The number of nitrogens with one attached hydrogen (secondary N) is 2. The maximum Gasteiger partial charge on any atom is 0.200 e. The first-order valence-electron chi connectivity index (χ1n) is 6.19. The Kier molecular flexibility index (Phi) is 2.85. The second-order valence-electron chi connectivity index (χ2n) is 4.85. The summed E-state index contributed by atoms with van der Waals surface area (Å²) >= 11 is 0. The maximum atomic E-state index is 9.37. The van der Waals surface area contributed by atoms with Gasteiger partial charge < -0.3 is 10.5 Å². The van der Waals surface area contributed by atoms with E-state index in [0.717, 1.165) is 5.56 Å². The number of nitrogens with zero attached hydrogens (tertiary/aromatic N) is 2. The number of ether oxygens (including phenoxy) is 1. The van der Waals surface area contributed by atoms with E-state index in [1.165, 1.54) is 0 Å². The lowest BCUT2D eigenvalue weighted by molar-refractivity contribution is 0.0350. The lowest BCUT2D eigenvalue weighted by Crippen LogP contribution is -2.41. The second-order valence-corrected chi connectivity index (χ2v) is 4.85. The van der Waals surface area contributed by atoms with E-state index in [-0.39, 0.29) is 30.0 Å². The standard InChI is InChI=1S/C13H15N5O/c1-7-10-11(8-3-2-4-16-6-8)9(5-14)12(15)19-13(10)18-17-7/h2-4,6-7,10-11,13,17-18H,15H2,1H3. The van der Waals surface area contributed by atoms with Crippen LogP contribution >= 0.6 is 0 Å². The molecule has 0 bridgehead atoms. The average molecular weight is 257 g/mol. The molecule has 0 aliphatic carbocycles. The van der Waals surface area contributed by atoms with Gasteiger partial charge in [0.1, 0.15) is 6.07 Å². The molecule has 6 heteroatoms. The van der Waals surface area contributed by atoms with Crippen molar-refractivity contribution in [3.05, 3.63) is 41.5 Å². The Morgan fingerprint density at radius 2 is 2.32 bits per heavy atom. The van der Waals surface area contributed by atoms with Gasteiger partial charge in [0, 0.05) is 30.3 Å². The molecular weight excluding hydrogens is 242 g/mol. The molecule has 0 aromatic carbocycles. The third-order valence-corrected chi connectivity index (χ3v) is 3.76. The van der Waals surface area contributed by atoms with Crippen molar-refractivity contribution in [2.75, 3.05) is 0 Å². The Balaban J connectivity index is 2.10. The van der Waals surface area contributed by atoms with E-state index >= 15 is 0 Å². The summed E-state index contributed by atoms with van der Waals surface area (Å²) in [5, 5.41) is 9.37. The molecule has 0 saturated carbocycles. The number of hydrazine groups is 1. The average Bonchev–Trinajstić information content (AvgIpc) is 2.79. The molecule has 2 aliphatic heterocycles. The number of nitriles is 1. The van der Waals surface area contributed by atoms with Gasteiger partial charge in [-0.05, 0) is 18.6 Å². The Labute approximate surface area is 111 Å². The predicted octanol–water partition coefficient (Wildman–Crippen LogP) is 0.328. The Bertz CT molecular complexity index is 550. The molecule has 2 aliphatic rings. The first kappa shape index (κ1) is 12.0. The van der Waals surface area contributed by atoms with Crippen LogP contribution in [-0.4, -0.2) is 17.3 Å². The quantitative estimate of drug-likeness (QED) is 0.671. The molecule has 0 radical (unpaired) electrons. The summed E-state index contributed by atoms with van der Waals surface area (Å²) in [4.78, 5) is 4.14. The molecule has 98 valence electrons. The fourth-order valence-electron chi connectivity index (χ4n) is 2.86. The molecule has 6 nitrogen and oxygen atoms in total. The minimum atomic E-state index is -0.225. The normalized spacial score (nSPS) is 33.5. The molecule has 0 spiro atoms. The summed E-state index contributed by atoms with van der Waals surface area (Å²) < 4.78 is 5.58. The Morgan fingerprint density at radius 1 is 1.47 bits per heavy atom. The van der Waals surface area contributed by atoms with E-state index in [2.05, 4.69) is 28.8 Å². The largest absolute Gasteiger partial charge is 0.458 e. The van der Waals surface area contributed by atoms with E-state index in [9.17, 15) is 5.26 Å². The van der Waals surface area contributed by atoms with Gasteiger partial charge in [-0.3, -0.25) is 10.4 Å². The highest BCUT2D eigenvalue weighted by molar-refractivity contribution is 5.40. The van der Waals surface area contributed by atoms with E-state index in [0.29, 0.717) is 5.57 Å². The van der Waals surface area contributed by atoms with Gasteiger partial charge in [0.25, 0.3) is 0 Å². The van der Waals surface area contributed by atoms with Crippen LogP contribution in [0, 0.1) is 17.2 Å². The molecule has 4 N–H and O–H groups in total. The molecule has 1 aromatic rings. The number of hydrogen-bond acceptors (Lipinski definition) is 6. The van der Waals surface area contributed by atoms with E-state index in [4.69, 9.17) is 10.5 Å². The summed E-state index contributed by atoms with van der Waals surface area (Å²) in [6, 6.07) is 6.19. The number of hydrogen-bond donors (Lipinski definition) is 3. The molecule has 4 atom stereocenters. The van der Waals surface area contributed by atoms with Gasteiger partial charge in [0.15, 0.2) is 6.23 Å². The van der Waals surface area contributed by atoms with Crippen LogP contribution < -0.4 is 16.6 Å². The highest BCUT2D eigenvalue weighted by Crippen LogP contribution is 2.42. The monoisotopic (exact) mass is 257 g/mol. The molecule has 3 rings (SSSR count). The summed E-state index contributed by atoms with van der Waals surface area (Å²) in [6.07, 6.45) is 3.27. The van der Waals surface area contributed by atoms with Crippen molar-refractivity contribution in [2.24, 2.45) is 11.7 Å². The molecular formula is C13H15N5O. The maximum absolute atomic E-state index is 9.37. The lowest BCUT2D eigenvalue weighted by atomic mass is 9.76. The van der Waals surface area contributed by atoms with Crippen LogP contribution in [0.1, 0.15) is 18.4 Å². The van der Waals surface area contributed by atoms with Crippen molar-refractivity contribution in [1.82, 2.24) is 15.8 Å². The van der Waals surface area contributed by atoms with Crippen molar-refractivity contribution in [1.29, 1.82) is 5.26 Å². The van der Waals surface area contributed by atoms with Crippen LogP contribution in [0.15, 0.2) is 36.0 Å². The summed E-state index contributed by atoms with van der Waals surface area (Å²) in [7, 11) is 0. The first-order valence-corrected chi connectivity index (χ1v) is 6.19. The summed E-state index contributed by atoms with van der Waals surface area (Å²) in [6.45, 7) is 2.06. The fraction of sp³-hybridized carbons (Fsp3) is 0.385. The van der Waals surface area contributed by atoms with Crippen LogP contribution in [0.2, 0.25) is 0 Å². The van der Waals surface area contributed by atoms with Gasteiger partial charge >= 0.3 is 0 Å².